The Morgan fingerprint density at radius 2 is 1.88 bits per heavy atom. The average molecular weight is 234 g/mol. The highest BCUT2D eigenvalue weighted by Gasteiger charge is 2.25. The third-order valence-electron chi connectivity index (χ3n) is 3.33. The lowest BCUT2D eigenvalue weighted by atomic mass is 10.1. The molecule has 1 saturated heterocycles. The van der Waals surface area contributed by atoms with Crippen molar-refractivity contribution >= 4 is 5.69 Å². The van der Waals surface area contributed by atoms with Crippen LogP contribution >= 0.6 is 0 Å². The van der Waals surface area contributed by atoms with E-state index in [9.17, 15) is 0 Å². The number of pyridine rings is 1. The molecule has 0 aliphatic carbocycles. The van der Waals surface area contributed by atoms with Gasteiger partial charge in [-0.1, -0.05) is 13.8 Å². The predicted octanol–water partition coefficient (Wildman–Crippen LogP) is 2.82. The third kappa shape index (κ3) is 2.60. The lowest BCUT2D eigenvalue weighted by Crippen LogP contribution is -2.49. The van der Waals surface area contributed by atoms with E-state index in [1.807, 2.05) is 6.20 Å². The van der Waals surface area contributed by atoms with Gasteiger partial charge in [0.05, 0.1) is 25.1 Å². The highest BCUT2D eigenvalue weighted by atomic mass is 16.5. The van der Waals surface area contributed by atoms with Gasteiger partial charge in [0.15, 0.2) is 0 Å². The van der Waals surface area contributed by atoms with Crippen molar-refractivity contribution in [3.8, 4) is 0 Å². The number of nitrogens with zero attached hydrogens (tertiary/aromatic N) is 2. The van der Waals surface area contributed by atoms with Gasteiger partial charge in [-0.15, -0.1) is 0 Å². The molecule has 0 unspecified atom stereocenters. The molecule has 2 rings (SSSR count). The molecule has 0 bridgehead atoms. The van der Waals surface area contributed by atoms with Crippen LogP contribution in [0.5, 0.6) is 0 Å². The van der Waals surface area contributed by atoms with Crippen LogP contribution in [0.15, 0.2) is 18.3 Å². The fraction of sp³-hybridized carbons (Fsp3) is 0.643. The van der Waals surface area contributed by atoms with E-state index in [4.69, 9.17) is 4.74 Å². The quantitative estimate of drug-likeness (QED) is 0.787. The molecule has 0 radical (unpaired) electrons. The van der Waals surface area contributed by atoms with Crippen molar-refractivity contribution in [3.63, 3.8) is 0 Å². The summed E-state index contributed by atoms with van der Waals surface area (Å²) in [5.74, 6) is 0.489. The molecule has 94 valence electrons. The van der Waals surface area contributed by atoms with E-state index < -0.39 is 0 Å². The third-order valence-corrected chi connectivity index (χ3v) is 3.33. The molecule has 2 atom stereocenters. The second-order valence-electron chi connectivity index (χ2n) is 5.24. The fourth-order valence-electron chi connectivity index (χ4n) is 2.40. The van der Waals surface area contributed by atoms with Crippen LogP contribution in [-0.2, 0) is 4.74 Å². The Morgan fingerprint density at radius 3 is 2.35 bits per heavy atom. The molecule has 0 N–H and O–H groups in total. The normalized spacial score (nSPS) is 25.4. The number of ether oxygens (including phenoxy) is 1. The largest absolute Gasteiger partial charge is 0.377 e. The second-order valence-corrected chi connectivity index (χ2v) is 5.24. The van der Waals surface area contributed by atoms with Gasteiger partial charge in [0.25, 0.3) is 0 Å². The Bertz CT molecular complexity index is 351. The van der Waals surface area contributed by atoms with E-state index >= 15 is 0 Å². The number of hydrogen-bond acceptors (Lipinski definition) is 3. The number of anilines is 1. The average Bonchev–Trinajstić information content (AvgIpc) is 2.29. The summed E-state index contributed by atoms with van der Waals surface area (Å²) < 4.78 is 5.55. The zero-order chi connectivity index (χ0) is 12.4. The molecule has 0 amide bonds. The minimum Gasteiger partial charge on any atom is -0.377 e. The highest BCUT2D eigenvalue weighted by Crippen LogP contribution is 2.24. The minimum absolute atomic E-state index is 0.422. The zero-order valence-electron chi connectivity index (χ0n) is 11.2. The van der Waals surface area contributed by atoms with Crippen LogP contribution in [0.3, 0.4) is 0 Å². The summed E-state index contributed by atoms with van der Waals surface area (Å²) in [6.07, 6.45) is 1.99. The number of rotatable bonds is 2. The van der Waals surface area contributed by atoms with Crippen molar-refractivity contribution < 1.29 is 4.74 Å². The Balaban J connectivity index is 2.20. The standard InChI is InChI=1S/C14H22N2O/c1-10(2)14-6-5-13(7-15-14)16-11(3)8-17-9-12(16)4/h5-7,10-12H,8-9H2,1-4H3/t11-,12-/m0/s1. The van der Waals surface area contributed by atoms with Gasteiger partial charge in [0, 0.05) is 17.8 Å². The first-order valence-electron chi connectivity index (χ1n) is 6.41. The van der Waals surface area contributed by atoms with Gasteiger partial charge >= 0.3 is 0 Å². The van der Waals surface area contributed by atoms with Gasteiger partial charge in [-0.3, -0.25) is 4.98 Å². The van der Waals surface area contributed by atoms with Crippen LogP contribution in [0.25, 0.3) is 0 Å². The van der Waals surface area contributed by atoms with E-state index in [1.54, 1.807) is 0 Å². The summed E-state index contributed by atoms with van der Waals surface area (Å²) in [6, 6.07) is 5.16. The van der Waals surface area contributed by atoms with Gasteiger partial charge in [-0.05, 0) is 31.9 Å². The SMILES string of the molecule is CC(C)c1ccc(N2[C@@H](C)COC[C@@H]2C)cn1. The Hall–Kier alpha value is -1.09. The lowest BCUT2D eigenvalue weighted by molar-refractivity contribution is 0.0756. The Morgan fingerprint density at radius 1 is 1.24 bits per heavy atom. The zero-order valence-corrected chi connectivity index (χ0v) is 11.2. The summed E-state index contributed by atoms with van der Waals surface area (Å²) in [5.41, 5.74) is 2.36. The van der Waals surface area contributed by atoms with Gasteiger partial charge < -0.3 is 9.64 Å². The van der Waals surface area contributed by atoms with Gasteiger partial charge in [-0.25, -0.2) is 0 Å². The number of morpholine rings is 1. The summed E-state index contributed by atoms with van der Waals surface area (Å²) in [5, 5.41) is 0. The maximum absolute atomic E-state index is 5.55. The van der Waals surface area contributed by atoms with Crippen molar-refractivity contribution in [2.24, 2.45) is 0 Å². The first-order chi connectivity index (χ1) is 8.09. The van der Waals surface area contributed by atoms with Gasteiger partial charge in [0.1, 0.15) is 0 Å². The van der Waals surface area contributed by atoms with Crippen molar-refractivity contribution in [1.29, 1.82) is 0 Å². The van der Waals surface area contributed by atoms with E-state index in [-0.39, 0.29) is 0 Å². The molecular formula is C14H22N2O. The molecule has 1 aliphatic heterocycles. The summed E-state index contributed by atoms with van der Waals surface area (Å²) in [4.78, 5) is 6.94. The van der Waals surface area contributed by atoms with Crippen molar-refractivity contribution in [2.45, 2.75) is 45.7 Å². The van der Waals surface area contributed by atoms with Crippen molar-refractivity contribution in [3.05, 3.63) is 24.0 Å². The molecule has 3 nitrogen and oxygen atoms in total. The monoisotopic (exact) mass is 234 g/mol. The van der Waals surface area contributed by atoms with Crippen LogP contribution in [0.4, 0.5) is 5.69 Å². The lowest BCUT2D eigenvalue weighted by Gasteiger charge is -2.40. The fourth-order valence-corrected chi connectivity index (χ4v) is 2.40. The Kier molecular flexibility index (Phi) is 3.67. The van der Waals surface area contributed by atoms with Crippen molar-refractivity contribution in [1.82, 2.24) is 4.98 Å². The number of hydrogen-bond donors (Lipinski definition) is 0. The minimum atomic E-state index is 0.422. The maximum Gasteiger partial charge on any atom is 0.0668 e. The molecule has 2 heterocycles. The molecule has 1 aliphatic rings. The van der Waals surface area contributed by atoms with E-state index in [0.29, 0.717) is 18.0 Å². The molecule has 1 aromatic heterocycles. The van der Waals surface area contributed by atoms with E-state index in [1.165, 1.54) is 5.69 Å². The number of aromatic nitrogens is 1. The second kappa shape index (κ2) is 5.05. The summed E-state index contributed by atoms with van der Waals surface area (Å²) in [6.45, 7) is 10.3. The molecule has 0 aromatic carbocycles. The first-order valence-corrected chi connectivity index (χ1v) is 6.41. The van der Waals surface area contributed by atoms with E-state index in [0.717, 1.165) is 18.9 Å². The first kappa shape index (κ1) is 12.4. The molecule has 3 heteroatoms. The summed E-state index contributed by atoms with van der Waals surface area (Å²) >= 11 is 0. The van der Waals surface area contributed by atoms with Crippen LogP contribution < -0.4 is 4.90 Å². The Labute approximate surface area is 104 Å². The maximum atomic E-state index is 5.55. The van der Waals surface area contributed by atoms with Gasteiger partial charge in [0.2, 0.25) is 0 Å². The molecular weight excluding hydrogens is 212 g/mol. The molecule has 1 aromatic rings. The molecule has 0 spiro atoms. The van der Waals surface area contributed by atoms with E-state index in [2.05, 4.69) is 49.7 Å². The van der Waals surface area contributed by atoms with Crippen LogP contribution in [0.2, 0.25) is 0 Å². The molecule has 1 fully saturated rings. The van der Waals surface area contributed by atoms with Crippen LogP contribution in [0.1, 0.15) is 39.3 Å². The molecule has 17 heavy (non-hydrogen) atoms. The summed E-state index contributed by atoms with van der Waals surface area (Å²) in [7, 11) is 0. The highest BCUT2D eigenvalue weighted by molar-refractivity contribution is 5.47. The topological polar surface area (TPSA) is 25.4 Å². The molecule has 0 saturated carbocycles. The van der Waals surface area contributed by atoms with Crippen LogP contribution in [0, 0.1) is 0 Å². The smallest absolute Gasteiger partial charge is 0.0668 e. The van der Waals surface area contributed by atoms with Gasteiger partial charge in [-0.2, -0.15) is 0 Å². The van der Waals surface area contributed by atoms with Crippen molar-refractivity contribution in [2.75, 3.05) is 18.1 Å². The van der Waals surface area contributed by atoms with Crippen LogP contribution in [-0.4, -0.2) is 30.3 Å². The predicted molar refractivity (Wildman–Crippen MR) is 70.5 cm³/mol.